The second-order valence-corrected chi connectivity index (χ2v) is 12.6. The van der Waals surface area contributed by atoms with E-state index >= 15 is 0 Å². The molecule has 0 aliphatic carbocycles. The molecule has 0 radical (unpaired) electrons. The van der Waals surface area contributed by atoms with Gasteiger partial charge in [0.15, 0.2) is 5.75 Å². The molecule has 0 bridgehead atoms. The van der Waals surface area contributed by atoms with Crippen molar-refractivity contribution >= 4 is 24.0 Å². The van der Waals surface area contributed by atoms with Crippen LogP contribution in [0.15, 0.2) is 127 Å². The fourth-order valence-corrected chi connectivity index (χ4v) is 6.53. The molecule has 10 heteroatoms. The zero-order chi connectivity index (χ0) is 35.6. The molecule has 2 aliphatic rings. The second kappa shape index (κ2) is 16.8. The normalized spacial score (nSPS) is 18.4. The summed E-state index contributed by atoms with van der Waals surface area (Å²) in [6, 6.07) is 34.8. The van der Waals surface area contributed by atoms with Crippen molar-refractivity contribution in [3.8, 4) is 5.75 Å². The molecule has 4 amide bonds. The lowest BCUT2D eigenvalue weighted by molar-refractivity contribution is -0.178. The highest BCUT2D eigenvalue weighted by Crippen LogP contribution is 2.27. The van der Waals surface area contributed by atoms with E-state index in [1.54, 1.807) is 24.3 Å². The van der Waals surface area contributed by atoms with Crippen LogP contribution in [0.3, 0.4) is 0 Å². The monoisotopic (exact) mass is 688 g/mol. The highest BCUT2D eigenvalue weighted by molar-refractivity contribution is 5.97. The minimum atomic E-state index is -0.847. The minimum absolute atomic E-state index is 0.0773. The molecule has 2 heterocycles. The van der Waals surface area contributed by atoms with Crippen molar-refractivity contribution in [2.24, 2.45) is 11.8 Å². The molecule has 0 saturated carbocycles. The van der Waals surface area contributed by atoms with E-state index in [0.29, 0.717) is 18.6 Å². The quantitative estimate of drug-likeness (QED) is 0.0853. The zero-order valence-corrected chi connectivity index (χ0v) is 28.3. The molecule has 0 unspecified atom stereocenters. The van der Waals surface area contributed by atoms with Gasteiger partial charge in [-0.25, -0.2) is 19.4 Å². The Morgan fingerprint density at radius 1 is 0.627 bits per heavy atom. The summed E-state index contributed by atoms with van der Waals surface area (Å²) < 4.78 is 10.8. The van der Waals surface area contributed by atoms with E-state index in [-0.39, 0.29) is 26.1 Å². The highest BCUT2D eigenvalue weighted by Gasteiger charge is 2.42. The molecule has 2 fully saturated rings. The number of carbonyl (C=O) groups is 4. The summed E-state index contributed by atoms with van der Waals surface area (Å²) in [5.74, 6) is -2.04. The molecule has 4 aromatic carbocycles. The maximum Gasteiger partial charge on any atom is 0.417 e. The molecule has 4 aromatic rings. The number of benzene rings is 4. The minimum Gasteiger partial charge on any atom is -0.447 e. The van der Waals surface area contributed by atoms with Crippen molar-refractivity contribution < 1.29 is 38.4 Å². The van der Waals surface area contributed by atoms with Gasteiger partial charge in [-0.3, -0.25) is 9.59 Å². The van der Waals surface area contributed by atoms with Crippen LogP contribution >= 0.6 is 0 Å². The van der Waals surface area contributed by atoms with Crippen LogP contribution in [0.25, 0.3) is 0 Å². The predicted molar refractivity (Wildman–Crippen MR) is 188 cm³/mol. The first-order valence-electron chi connectivity index (χ1n) is 17.0. The molecule has 51 heavy (non-hydrogen) atoms. The van der Waals surface area contributed by atoms with Gasteiger partial charge in [0.2, 0.25) is 11.8 Å². The van der Waals surface area contributed by atoms with Crippen LogP contribution in [-0.4, -0.2) is 66.2 Å². The van der Waals surface area contributed by atoms with Gasteiger partial charge in [0.05, 0.1) is 31.0 Å². The molecule has 2 saturated heterocycles. The van der Waals surface area contributed by atoms with Crippen molar-refractivity contribution in [3.05, 3.63) is 150 Å². The van der Waals surface area contributed by atoms with Crippen LogP contribution < -0.4 is 4.89 Å². The van der Waals surface area contributed by atoms with Gasteiger partial charge in [-0.1, -0.05) is 115 Å². The average molecular weight is 689 g/mol. The number of rotatable bonds is 14. The van der Waals surface area contributed by atoms with Crippen LogP contribution in [0.5, 0.6) is 5.75 Å². The van der Waals surface area contributed by atoms with Crippen molar-refractivity contribution in [1.82, 2.24) is 9.80 Å². The van der Waals surface area contributed by atoms with Crippen LogP contribution in [0, 0.1) is 11.8 Å². The Morgan fingerprint density at radius 3 is 1.43 bits per heavy atom. The molecule has 2 aliphatic heterocycles. The number of carbonyl (C=O) groups excluding carboxylic acids is 4. The van der Waals surface area contributed by atoms with E-state index in [4.69, 9.17) is 19.2 Å². The van der Waals surface area contributed by atoms with Crippen molar-refractivity contribution in [3.63, 3.8) is 0 Å². The maximum atomic E-state index is 14.4. The zero-order valence-electron chi connectivity index (χ0n) is 28.3. The standard InChI is InChI=1S/C41H40N2O8/c1-48-51-37-21-17-32(18-22-37)24-34(39(45)43-36(28-50-41(43)47)26-31-15-9-4-10-16-31)20-19-33(23-29-11-5-2-6-12-29)38(44)42-35(27-49-40(42)46)25-30-13-7-3-8-14-30/h2-22,33-36H,23-28H2,1H3/b20-19+/t33-,34-,35+,36+/m1/s1. The summed E-state index contributed by atoms with van der Waals surface area (Å²) in [4.78, 5) is 67.2. The van der Waals surface area contributed by atoms with Gasteiger partial charge in [0, 0.05) is 0 Å². The topological polar surface area (TPSA) is 112 Å². The van der Waals surface area contributed by atoms with Crippen molar-refractivity contribution in [2.75, 3.05) is 20.3 Å². The molecule has 0 aromatic heterocycles. The van der Waals surface area contributed by atoms with Crippen LogP contribution in [0.4, 0.5) is 9.59 Å². The lowest BCUT2D eigenvalue weighted by atomic mass is 9.91. The summed E-state index contributed by atoms with van der Waals surface area (Å²) in [6.07, 6.45) is 3.37. The smallest absolute Gasteiger partial charge is 0.417 e. The third-order valence-electron chi connectivity index (χ3n) is 9.09. The molecule has 0 N–H and O–H groups in total. The number of hydrogen-bond acceptors (Lipinski definition) is 8. The first kappa shape index (κ1) is 35.1. The van der Waals surface area contributed by atoms with E-state index < -0.39 is 47.9 Å². The lowest BCUT2D eigenvalue weighted by Crippen LogP contribution is -2.44. The van der Waals surface area contributed by atoms with E-state index in [1.807, 2.05) is 103 Å². The van der Waals surface area contributed by atoms with E-state index in [0.717, 1.165) is 22.3 Å². The Balaban J connectivity index is 1.31. The van der Waals surface area contributed by atoms with Gasteiger partial charge in [0.25, 0.3) is 0 Å². The Labute approximate surface area is 297 Å². The maximum absolute atomic E-state index is 14.4. The van der Waals surface area contributed by atoms with E-state index in [1.165, 1.54) is 16.9 Å². The number of imide groups is 2. The molecule has 262 valence electrons. The average Bonchev–Trinajstić information content (AvgIpc) is 3.71. The third kappa shape index (κ3) is 8.90. The van der Waals surface area contributed by atoms with E-state index in [9.17, 15) is 19.2 Å². The Hall–Kier alpha value is -5.74. The summed E-state index contributed by atoms with van der Waals surface area (Å²) in [5, 5.41) is 0. The van der Waals surface area contributed by atoms with Gasteiger partial charge >= 0.3 is 12.2 Å². The van der Waals surface area contributed by atoms with Crippen LogP contribution in [0.1, 0.15) is 22.3 Å². The lowest BCUT2D eigenvalue weighted by Gasteiger charge is -2.25. The first-order valence-corrected chi connectivity index (χ1v) is 17.0. The molecular weight excluding hydrogens is 648 g/mol. The van der Waals surface area contributed by atoms with Gasteiger partial charge in [-0.15, -0.1) is 0 Å². The Morgan fingerprint density at radius 2 is 1.02 bits per heavy atom. The summed E-state index contributed by atoms with van der Waals surface area (Å²) in [6.45, 7) is 0.166. The van der Waals surface area contributed by atoms with E-state index in [2.05, 4.69) is 0 Å². The third-order valence-corrected chi connectivity index (χ3v) is 9.09. The fraction of sp³-hybridized carbons (Fsp3) is 0.268. The molecule has 4 atom stereocenters. The molecular formula is C41H40N2O8. The van der Waals surface area contributed by atoms with Gasteiger partial charge in [-0.2, -0.15) is 4.89 Å². The molecule has 0 spiro atoms. The van der Waals surface area contributed by atoms with Crippen molar-refractivity contribution in [2.45, 2.75) is 37.8 Å². The summed E-state index contributed by atoms with van der Waals surface area (Å²) in [5.41, 5.74) is 3.63. The Bertz CT molecular complexity index is 1820. The van der Waals surface area contributed by atoms with Crippen molar-refractivity contribution in [1.29, 1.82) is 0 Å². The fourth-order valence-electron chi connectivity index (χ4n) is 6.53. The summed E-state index contributed by atoms with van der Waals surface area (Å²) >= 11 is 0. The highest BCUT2D eigenvalue weighted by atomic mass is 17.2. The van der Waals surface area contributed by atoms with Gasteiger partial charge in [0.1, 0.15) is 13.2 Å². The Kier molecular flexibility index (Phi) is 11.5. The second-order valence-electron chi connectivity index (χ2n) is 12.6. The van der Waals surface area contributed by atoms with Crippen LogP contribution in [-0.2, 0) is 49.6 Å². The SMILES string of the molecule is COOc1ccc(C[C@@H](/C=C/[C@H](Cc2ccccc2)C(=O)N2C(=O)OC[C@@H]2Cc2ccccc2)C(=O)N2C(=O)OC[C@@H]2Cc2ccccc2)cc1. The first-order chi connectivity index (χ1) is 24.9. The largest absolute Gasteiger partial charge is 0.447 e. The number of amides is 4. The predicted octanol–water partition coefficient (Wildman–Crippen LogP) is 6.38. The van der Waals surface area contributed by atoms with Gasteiger partial charge in [-0.05, 0) is 60.1 Å². The summed E-state index contributed by atoms with van der Waals surface area (Å²) in [7, 11) is 1.41. The van der Waals surface area contributed by atoms with Gasteiger partial charge < -0.3 is 14.4 Å². The molecule has 6 rings (SSSR count). The number of cyclic esters (lactones) is 2. The van der Waals surface area contributed by atoms with Crippen LogP contribution in [0.2, 0.25) is 0 Å². The number of nitrogens with zero attached hydrogens (tertiary/aromatic N) is 2. The molecule has 10 nitrogen and oxygen atoms in total. The number of ether oxygens (including phenoxy) is 2. The number of hydrogen-bond donors (Lipinski definition) is 0.